The van der Waals surface area contributed by atoms with Crippen LogP contribution in [-0.2, 0) is 20.1 Å². The maximum absolute atomic E-state index is 11.9. The second-order valence-corrected chi connectivity index (χ2v) is 7.13. The van der Waals surface area contributed by atoms with Crippen molar-refractivity contribution >= 4 is 46.6 Å². The largest absolute Gasteiger partial charge is 0.455 e. The topological polar surface area (TPSA) is 58.6 Å². The number of nitrogens with one attached hydrogen (secondary N) is 1. The zero-order valence-electron chi connectivity index (χ0n) is 14.7. The van der Waals surface area contributed by atoms with Gasteiger partial charge in [0, 0.05) is 36.2 Å². The summed E-state index contributed by atoms with van der Waals surface area (Å²) in [7, 11) is 3.88. The third-order valence-electron chi connectivity index (χ3n) is 3.47. The third kappa shape index (κ3) is 6.61. The molecule has 0 heterocycles. The van der Waals surface area contributed by atoms with E-state index in [1.165, 1.54) is 11.8 Å². The highest BCUT2D eigenvalue weighted by atomic mass is 35.5. The molecule has 0 spiro atoms. The fourth-order valence-corrected chi connectivity index (χ4v) is 3.19. The van der Waals surface area contributed by atoms with Crippen molar-refractivity contribution in [2.75, 3.05) is 36.7 Å². The molecule has 0 saturated carbocycles. The van der Waals surface area contributed by atoms with Crippen LogP contribution < -0.4 is 10.2 Å². The van der Waals surface area contributed by atoms with Crippen LogP contribution in [0.4, 0.5) is 11.4 Å². The molecule has 0 fully saturated rings. The van der Waals surface area contributed by atoms with E-state index in [2.05, 4.69) is 5.32 Å². The maximum Gasteiger partial charge on any atom is 0.316 e. The van der Waals surface area contributed by atoms with Crippen molar-refractivity contribution in [3.05, 3.63) is 59.1 Å². The minimum absolute atomic E-state index is 0.163. The lowest BCUT2D eigenvalue weighted by molar-refractivity contribution is -0.144. The van der Waals surface area contributed by atoms with Crippen molar-refractivity contribution < 1.29 is 14.3 Å². The molecule has 0 bridgehead atoms. The summed E-state index contributed by atoms with van der Waals surface area (Å²) < 4.78 is 4.99. The highest BCUT2D eigenvalue weighted by Gasteiger charge is 2.09. The molecule has 0 aliphatic heterocycles. The number of carbonyl (C=O) groups is 2. The fourth-order valence-electron chi connectivity index (χ4n) is 2.09. The Kier molecular flexibility index (Phi) is 7.81. The summed E-state index contributed by atoms with van der Waals surface area (Å²) in [4.78, 5) is 25.6. The summed E-state index contributed by atoms with van der Waals surface area (Å²) in [5.74, 6) is -0.0258. The number of nitrogens with zero attached hydrogens (tertiary/aromatic N) is 1. The number of thioether (sulfide) groups is 1. The molecule has 0 radical (unpaired) electrons. The van der Waals surface area contributed by atoms with E-state index in [4.69, 9.17) is 16.3 Å². The number of esters is 1. The Morgan fingerprint density at radius 2 is 1.81 bits per heavy atom. The van der Waals surface area contributed by atoms with E-state index in [1.54, 1.807) is 12.1 Å². The number of hydrogen-bond donors (Lipinski definition) is 1. The third-order valence-corrected chi connectivity index (χ3v) is 4.79. The van der Waals surface area contributed by atoms with Crippen molar-refractivity contribution in [3.8, 4) is 0 Å². The zero-order chi connectivity index (χ0) is 18.9. The Balaban J connectivity index is 1.68. The van der Waals surface area contributed by atoms with Gasteiger partial charge in [-0.05, 0) is 35.9 Å². The van der Waals surface area contributed by atoms with Crippen LogP contribution in [0, 0.1) is 0 Å². The van der Waals surface area contributed by atoms with Gasteiger partial charge in [0.25, 0.3) is 5.91 Å². The summed E-state index contributed by atoms with van der Waals surface area (Å²) in [6.45, 7) is -0.305. The summed E-state index contributed by atoms with van der Waals surface area (Å²) >= 11 is 7.45. The predicted molar refractivity (Wildman–Crippen MR) is 108 cm³/mol. The van der Waals surface area contributed by atoms with Gasteiger partial charge < -0.3 is 15.0 Å². The molecule has 1 N–H and O–H groups in total. The van der Waals surface area contributed by atoms with Crippen LogP contribution in [0.2, 0.25) is 5.02 Å². The fraction of sp³-hybridized carbons (Fsp3) is 0.263. The van der Waals surface area contributed by atoms with E-state index in [-0.39, 0.29) is 18.3 Å². The number of hydrogen-bond acceptors (Lipinski definition) is 5. The first-order valence-electron chi connectivity index (χ1n) is 7.99. The van der Waals surface area contributed by atoms with Gasteiger partial charge in [-0.3, -0.25) is 9.59 Å². The summed E-state index contributed by atoms with van der Waals surface area (Å²) in [6.07, 6.45) is 0. The highest BCUT2D eigenvalue weighted by molar-refractivity contribution is 7.99. The molecule has 2 aromatic carbocycles. The molecule has 0 aliphatic rings. The van der Waals surface area contributed by atoms with Crippen LogP contribution in [-0.4, -0.2) is 38.3 Å². The first kappa shape index (κ1) is 20.1. The van der Waals surface area contributed by atoms with Crippen LogP contribution in [0.1, 0.15) is 5.56 Å². The molecule has 1 amide bonds. The Morgan fingerprint density at radius 1 is 1.12 bits per heavy atom. The quantitative estimate of drug-likeness (QED) is 0.692. The molecule has 138 valence electrons. The number of rotatable bonds is 8. The van der Waals surface area contributed by atoms with E-state index in [9.17, 15) is 9.59 Å². The maximum atomic E-state index is 11.9. The van der Waals surface area contributed by atoms with Gasteiger partial charge in [-0.25, -0.2) is 0 Å². The molecular weight excluding hydrogens is 372 g/mol. The second kappa shape index (κ2) is 10.1. The Bertz CT molecular complexity index is 751. The van der Waals surface area contributed by atoms with Crippen LogP contribution >= 0.6 is 23.4 Å². The van der Waals surface area contributed by atoms with Gasteiger partial charge >= 0.3 is 5.97 Å². The van der Waals surface area contributed by atoms with E-state index in [1.807, 2.05) is 55.4 Å². The molecular formula is C19H21ClN2O3S. The number of carbonyl (C=O) groups excluding carboxylic acids is 2. The van der Waals surface area contributed by atoms with E-state index < -0.39 is 5.97 Å². The van der Waals surface area contributed by atoms with Crippen molar-refractivity contribution in [2.24, 2.45) is 0 Å². The van der Waals surface area contributed by atoms with Crippen molar-refractivity contribution in [1.29, 1.82) is 0 Å². The molecule has 0 unspecified atom stereocenters. The molecule has 0 atom stereocenters. The number of halogens is 1. The Hall–Kier alpha value is -2.18. The lowest BCUT2D eigenvalue weighted by Crippen LogP contribution is -2.21. The summed E-state index contributed by atoms with van der Waals surface area (Å²) in [6, 6.07) is 14.9. The van der Waals surface area contributed by atoms with Gasteiger partial charge in [0.2, 0.25) is 0 Å². The first-order chi connectivity index (χ1) is 12.5. The van der Waals surface area contributed by atoms with Gasteiger partial charge in [0.15, 0.2) is 6.61 Å². The molecule has 7 heteroatoms. The number of ether oxygens (including phenoxy) is 1. The Labute approximate surface area is 162 Å². The standard InChI is InChI=1S/C19H21ClN2O3S/c1-22(2)16-9-7-15(8-10-16)21-18(23)11-25-19(24)13-26-12-14-5-3-4-6-17(14)20/h3-10H,11-13H2,1-2H3,(H,21,23). The highest BCUT2D eigenvalue weighted by Crippen LogP contribution is 2.20. The van der Waals surface area contributed by atoms with Crippen LogP contribution in [0.5, 0.6) is 0 Å². The van der Waals surface area contributed by atoms with Crippen LogP contribution in [0.3, 0.4) is 0 Å². The number of anilines is 2. The van der Waals surface area contributed by atoms with Crippen molar-refractivity contribution in [2.45, 2.75) is 5.75 Å². The predicted octanol–water partition coefficient (Wildman–Crippen LogP) is 3.82. The van der Waals surface area contributed by atoms with Crippen molar-refractivity contribution in [3.63, 3.8) is 0 Å². The zero-order valence-corrected chi connectivity index (χ0v) is 16.3. The average molecular weight is 393 g/mol. The normalized spacial score (nSPS) is 10.3. The smallest absolute Gasteiger partial charge is 0.316 e. The molecule has 0 aromatic heterocycles. The minimum atomic E-state index is -0.430. The van der Waals surface area contributed by atoms with Gasteiger partial charge in [0.1, 0.15) is 0 Å². The summed E-state index contributed by atoms with van der Waals surface area (Å²) in [5, 5.41) is 3.37. The number of amides is 1. The van der Waals surface area contributed by atoms with Gasteiger partial charge in [-0.2, -0.15) is 0 Å². The van der Waals surface area contributed by atoms with Gasteiger partial charge in [-0.1, -0.05) is 29.8 Å². The average Bonchev–Trinajstić information content (AvgIpc) is 2.62. The van der Waals surface area contributed by atoms with E-state index in [0.29, 0.717) is 16.5 Å². The number of benzene rings is 2. The van der Waals surface area contributed by atoms with Crippen LogP contribution in [0.15, 0.2) is 48.5 Å². The van der Waals surface area contributed by atoms with Gasteiger partial charge in [0.05, 0.1) is 5.75 Å². The van der Waals surface area contributed by atoms with Crippen molar-refractivity contribution in [1.82, 2.24) is 0 Å². The van der Waals surface area contributed by atoms with E-state index >= 15 is 0 Å². The lowest BCUT2D eigenvalue weighted by Gasteiger charge is -2.13. The molecule has 0 aliphatic carbocycles. The monoisotopic (exact) mass is 392 g/mol. The van der Waals surface area contributed by atoms with Gasteiger partial charge in [-0.15, -0.1) is 11.8 Å². The first-order valence-corrected chi connectivity index (χ1v) is 9.53. The SMILES string of the molecule is CN(C)c1ccc(NC(=O)COC(=O)CSCc2ccccc2Cl)cc1. The van der Waals surface area contributed by atoms with E-state index in [0.717, 1.165) is 11.3 Å². The summed E-state index contributed by atoms with van der Waals surface area (Å²) in [5.41, 5.74) is 2.65. The molecule has 0 saturated heterocycles. The molecule has 26 heavy (non-hydrogen) atoms. The second-order valence-electron chi connectivity index (χ2n) is 5.73. The Morgan fingerprint density at radius 3 is 2.46 bits per heavy atom. The molecule has 5 nitrogen and oxygen atoms in total. The lowest BCUT2D eigenvalue weighted by atomic mass is 10.2. The molecule has 2 aromatic rings. The van der Waals surface area contributed by atoms with Crippen LogP contribution in [0.25, 0.3) is 0 Å². The molecule has 2 rings (SSSR count). The minimum Gasteiger partial charge on any atom is -0.455 e.